The molecule has 0 spiro atoms. The first-order valence-electron chi connectivity index (χ1n) is 10.0. The van der Waals surface area contributed by atoms with Gasteiger partial charge in [-0.1, -0.05) is 65.9 Å². The number of nitrogens with zero attached hydrogens (tertiary/aromatic N) is 3. The van der Waals surface area contributed by atoms with Gasteiger partial charge in [0.2, 0.25) is 5.91 Å². The molecule has 1 heterocycles. The van der Waals surface area contributed by atoms with Crippen LogP contribution in [-0.2, 0) is 11.8 Å². The lowest BCUT2D eigenvalue weighted by Crippen LogP contribution is -2.15. The van der Waals surface area contributed by atoms with Crippen LogP contribution in [-0.4, -0.2) is 26.4 Å². The smallest absolute Gasteiger partial charge is 0.234 e. The van der Waals surface area contributed by atoms with Crippen molar-refractivity contribution in [2.45, 2.75) is 25.1 Å². The number of aryl methyl sites for hydroxylation is 1. The number of hydrogen-bond donors (Lipinski definition) is 1. The molecule has 7 heteroatoms. The van der Waals surface area contributed by atoms with Crippen molar-refractivity contribution in [3.8, 4) is 5.75 Å². The minimum absolute atomic E-state index is 0.0881. The maximum Gasteiger partial charge on any atom is 0.234 e. The van der Waals surface area contributed by atoms with Crippen LogP contribution in [0.3, 0.4) is 0 Å². The van der Waals surface area contributed by atoms with Gasteiger partial charge < -0.3 is 14.6 Å². The van der Waals surface area contributed by atoms with E-state index in [-0.39, 0.29) is 17.8 Å². The Morgan fingerprint density at radius 2 is 1.81 bits per heavy atom. The molecule has 0 radical (unpaired) electrons. The highest BCUT2D eigenvalue weighted by Crippen LogP contribution is 2.25. The summed E-state index contributed by atoms with van der Waals surface area (Å²) in [5.41, 5.74) is 1.99. The molecule has 0 saturated carbocycles. The summed E-state index contributed by atoms with van der Waals surface area (Å²) in [5, 5.41) is 14.3. The summed E-state index contributed by atoms with van der Waals surface area (Å²) in [6.45, 7) is 3.97. The molecule has 6 nitrogen and oxygen atoms in total. The lowest BCUT2D eigenvalue weighted by molar-refractivity contribution is -0.113. The van der Waals surface area contributed by atoms with Gasteiger partial charge in [0.05, 0.1) is 5.75 Å². The zero-order valence-electron chi connectivity index (χ0n) is 17.7. The number of carbonyl (C=O) groups excluding carboxylic acids is 1. The number of amides is 1. The second-order valence-electron chi connectivity index (χ2n) is 7.34. The molecule has 1 atom stereocenters. The molecular formula is C24H24N4O2S. The molecule has 3 aromatic carbocycles. The number of ether oxygens (including phenoxy) is 1. The Hall–Kier alpha value is -3.32. The van der Waals surface area contributed by atoms with Gasteiger partial charge in [-0.05, 0) is 37.4 Å². The van der Waals surface area contributed by atoms with Gasteiger partial charge in [0.25, 0.3) is 0 Å². The van der Waals surface area contributed by atoms with Crippen molar-refractivity contribution in [3.63, 3.8) is 0 Å². The van der Waals surface area contributed by atoms with Crippen molar-refractivity contribution in [2.24, 2.45) is 7.05 Å². The minimum atomic E-state index is -0.265. The van der Waals surface area contributed by atoms with Crippen molar-refractivity contribution < 1.29 is 9.53 Å². The molecule has 0 aliphatic carbocycles. The van der Waals surface area contributed by atoms with E-state index in [9.17, 15) is 4.79 Å². The molecule has 158 valence electrons. The van der Waals surface area contributed by atoms with Crippen molar-refractivity contribution >= 4 is 34.1 Å². The number of thioether (sulfide) groups is 1. The second-order valence-corrected chi connectivity index (χ2v) is 8.28. The van der Waals surface area contributed by atoms with Gasteiger partial charge in [-0.2, -0.15) is 0 Å². The monoisotopic (exact) mass is 432 g/mol. The predicted molar refractivity (Wildman–Crippen MR) is 125 cm³/mol. The fourth-order valence-electron chi connectivity index (χ4n) is 3.33. The Labute approximate surface area is 185 Å². The van der Waals surface area contributed by atoms with Crippen LogP contribution < -0.4 is 10.1 Å². The third-order valence-corrected chi connectivity index (χ3v) is 5.98. The topological polar surface area (TPSA) is 69.0 Å². The first-order valence-corrected chi connectivity index (χ1v) is 11.0. The average molecular weight is 433 g/mol. The minimum Gasteiger partial charge on any atom is -0.483 e. The van der Waals surface area contributed by atoms with Crippen LogP contribution in [0.25, 0.3) is 10.8 Å². The molecule has 1 unspecified atom stereocenters. The number of hydrogen-bond acceptors (Lipinski definition) is 5. The summed E-state index contributed by atoms with van der Waals surface area (Å²) in [4.78, 5) is 12.5. The number of rotatable bonds is 7. The molecule has 1 aromatic heterocycles. The van der Waals surface area contributed by atoms with Gasteiger partial charge in [-0.25, -0.2) is 0 Å². The molecule has 0 saturated heterocycles. The molecule has 0 aliphatic rings. The molecule has 0 bridgehead atoms. The zero-order chi connectivity index (χ0) is 21.8. The number of nitrogens with one attached hydrogen (secondary N) is 1. The SMILES string of the molecule is Cc1ccc(OC(C)c2nnc(SCC(=O)Nc3cccc4ccccc34)n2C)cc1. The summed E-state index contributed by atoms with van der Waals surface area (Å²) in [6.07, 6.45) is -0.265. The Kier molecular flexibility index (Phi) is 6.23. The lowest BCUT2D eigenvalue weighted by Gasteiger charge is -2.14. The first kappa shape index (κ1) is 20.9. The van der Waals surface area contributed by atoms with Crippen LogP contribution in [0, 0.1) is 6.92 Å². The van der Waals surface area contributed by atoms with E-state index in [1.807, 2.05) is 92.2 Å². The molecular weight excluding hydrogens is 408 g/mol. The summed E-state index contributed by atoms with van der Waals surface area (Å²) in [7, 11) is 1.88. The summed E-state index contributed by atoms with van der Waals surface area (Å²) in [6, 6.07) is 21.8. The number of anilines is 1. The third kappa shape index (κ3) is 4.88. The largest absolute Gasteiger partial charge is 0.483 e. The summed E-state index contributed by atoms with van der Waals surface area (Å²) in [5.74, 6) is 1.64. The Balaban J connectivity index is 1.38. The van der Waals surface area contributed by atoms with Crippen LogP contribution in [0.5, 0.6) is 5.75 Å². The molecule has 0 fully saturated rings. The lowest BCUT2D eigenvalue weighted by atomic mass is 10.1. The van der Waals surface area contributed by atoms with E-state index in [0.29, 0.717) is 11.0 Å². The average Bonchev–Trinajstić information content (AvgIpc) is 3.14. The molecule has 31 heavy (non-hydrogen) atoms. The predicted octanol–water partition coefficient (Wildman–Crippen LogP) is 5.15. The standard InChI is InChI=1S/C24H24N4O2S/c1-16-11-13-19(14-12-16)30-17(2)23-26-27-24(28(23)3)31-15-22(29)25-21-10-6-8-18-7-4-5-9-20(18)21/h4-14,17H,15H2,1-3H3,(H,25,29). The van der Waals surface area contributed by atoms with Crippen LogP contribution >= 0.6 is 11.8 Å². The highest BCUT2D eigenvalue weighted by molar-refractivity contribution is 7.99. The van der Waals surface area contributed by atoms with Gasteiger partial charge in [-0.15, -0.1) is 10.2 Å². The number of fused-ring (bicyclic) bond motifs is 1. The number of aromatic nitrogens is 3. The maximum atomic E-state index is 12.5. The van der Waals surface area contributed by atoms with E-state index in [4.69, 9.17) is 4.74 Å². The van der Waals surface area contributed by atoms with E-state index in [1.54, 1.807) is 0 Å². The van der Waals surface area contributed by atoms with Crippen molar-refractivity contribution in [2.75, 3.05) is 11.1 Å². The van der Waals surface area contributed by atoms with Gasteiger partial charge in [0, 0.05) is 18.1 Å². The van der Waals surface area contributed by atoms with E-state index in [1.165, 1.54) is 17.3 Å². The van der Waals surface area contributed by atoms with Crippen molar-refractivity contribution in [3.05, 3.63) is 78.1 Å². The zero-order valence-corrected chi connectivity index (χ0v) is 18.5. The van der Waals surface area contributed by atoms with Gasteiger partial charge in [-0.3, -0.25) is 4.79 Å². The quantitative estimate of drug-likeness (QED) is 0.409. The molecule has 1 N–H and O–H groups in total. The molecule has 4 rings (SSSR count). The van der Waals surface area contributed by atoms with Gasteiger partial charge in [0.1, 0.15) is 5.75 Å². The van der Waals surface area contributed by atoms with Crippen LogP contribution in [0.4, 0.5) is 5.69 Å². The maximum absolute atomic E-state index is 12.5. The Morgan fingerprint density at radius 3 is 2.61 bits per heavy atom. The van der Waals surface area contributed by atoms with E-state index >= 15 is 0 Å². The van der Waals surface area contributed by atoms with E-state index in [0.717, 1.165) is 22.2 Å². The van der Waals surface area contributed by atoms with Gasteiger partial charge >= 0.3 is 0 Å². The summed E-state index contributed by atoms with van der Waals surface area (Å²) < 4.78 is 7.85. The second kappa shape index (κ2) is 9.22. The Bertz CT molecular complexity index is 1200. The van der Waals surface area contributed by atoms with Crippen LogP contribution in [0.15, 0.2) is 71.9 Å². The van der Waals surface area contributed by atoms with E-state index in [2.05, 4.69) is 15.5 Å². The molecule has 0 aliphatic heterocycles. The normalized spacial score (nSPS) is 12.0. The number of carbonyl (C=O) groups is 1. The Morgan fingerprint density at radius 1 is 1.06 bits per heavy atom. The molecule has 1 amide bonds. The van der Waals surface area contributed by atoms with Crippen LogP contribution in [0.2, 0.25) is 0 Å². The highest BCUT2D eigenvalue weighted by atomic mass is 32.2. The van der Waals surface area contributed by atoms with E-state index < -0.39 is 0 Å². The molecule has 4 aromatic rings. The highest BCUT2D eigenvalue weighted by Gasteiger charge is 2.18. The van der Waals surface area contributed by atoms with Crippen molar-refractivity contribution in [1.82, 2.24) is 14.8 Å². The third-order valence-electron chi connectivity index (χ3n) is 4.96. The van der Waals surface area contributed by atoms with Crippen LogP contribution in [0.1, 0.15) is 24.4 Å². The number of benzene rings is 3. The first-order chi connectivity index (χ1) is 15.0. The fourth-order valence-corrected chi connectivity index (χ4v) is 4.05. The van der Waals surface area contributed by atoms with Crippen molar-refractivity contribution in [1.29, 1.82) is 0 Å². The van der Waals surface area contributed by atoms with Gasteiger partial charge in [0.15, 0.2) is 17.1 Å². The summed E-state index contributed by atoms with van der Waals surface area (Å²) >= 11 is 1.35. The fraction of sp³-hybridized carbons (Fsp3) is 0.208.